The van der Waals surface area contributed by atoms with Crippen LogP contribution in [0.1, 0.15) is 43.6 Å². The number of nitro groups is 1. The highest BCUT2D eigenvalue weighted by molar-refractivity contribution is 5.44. The molecular weight excluding hydrogens is 246 g/mol. The van der Waals surface area contributed by atoms with E-state index in [2.05, 4.69) is 16.8 Å². The van der Waals surface area contributed by atoms with Crippen molar-refractivity contribution >= 4 is 5.82 Å². The van der Waals surface area contributed by atoms with Crippen molar-refractivity contribution in [3.05, 3.63) is 21.6 Å². The zero-order valence-electron chi connectivity index (χ0n) is 11.1. The minimum Gasteiger partial charge on any atom is -0.378 e. The van der Waals surface area contributed by atoms with Crippen LogP contribution < -0.4 is 0 Å². The Hall–Kier alpha value is -1.87. The lowest BCUT2D eigenvalue weighted by atomic mass is 9.85. The zero-order chi connectivity index (χ0) is 14.0. The van der Waals surface area contributed by atoms with Crippen molar-refractivity contribution in [1.82, 2.24) is 9.55 Å². The normalized spacial score (nSPS) is 17.6. The topological polar surface area (TPSA) is 81.2 Å². The fraction of sp³-hybridized carbons (Fsp3) is 0.615. The Balaban J connectivity index is 2.34. The number of hydrogen-bond donors (Lipinski definition) is 1. The molecule has 0 aromatic carbocycles. The van der Waals surface area contributed by atoms with Gasteiger partial charge in [0.05, 0.1) is 7.05 Å². The molecular formula is C13H17N3O3. The molecule has 1 aromatic heterocycles. The molecule has 1 N–H and O–H groups in total. The molecule has 0 spiro atoms. The third-order valence-corrected chi connectivity index (χ3v) is 3.56. The van der Waals surface area contributed by atoms with Crippen LogP contribution in [0.25, 0.3) is 0 Å². The van der Waals surface area contributed by atoms with Crippen molar-refractivity contribution in [2.45, 2.75) is 44.6 Å². The predicted octanol–water partition coefficient (Wildman–Crippen LogP) is 1.68. The number of aromatic nitrogens is 2. The summed E-state index contributed by atoms with van der Waals surface area (Å²) in [6.45, 7) is 1.69. The smallest absolute Gasteiger partial charge is 0.358 e. The zero-order valence-corrected chi connectivity index (χ0v) is 11.1. The van der Waals surface area contributed by atoms with E-state index >= 15 is 0 Å². The van der Waals surface area contributed by atoms with Crippen LogP contribution >= 0.6 is 0 Å². The van der Waals surface area contributed by atoms with Crippen LogP contribution in [0.5, 0.6) is 0 Å². The SMILES string of the molecule is Cc1nc(C#CC2(O)CCCCC2)c([N+](=O)[O-])n1C. The van der Waals surface area contributed by atoms with E-state index in [9.17, 15) is 15.2 Å². The average molecular weight is 263 g/mol. The van der Waals surface area contributed by atoms with Gasteiger partial charge in [0.2, 0.25) is 5.69 Å². The van der Waals surface area contributed by atoms with Crippen molar-refractivity contribution in [2.75, 3.05) is 0 Å². The van der Waals surface area contributed by atoms with E-state index in [1.807, 2.05) is 0 Å². The molecule has 0 radical (unpaired) electrons. The molecule has 1 saturated carbocycles. The first-order valence-corrected chi connectivity index (χ1v) is 6.36. The van der Waals surface area contributed by atoms with Crippen molar-refractivity contribution < 1.29 is 10.0 Å². The molecule has 2 rings (SSSR count). The molecule has 0 unspecified atom stereocenters. The Morgan fingerprint density at radius 3 is 2.63 bits per heavy atom. The number of aryl methyl sites for hydroxylation is 1. The van der Waals surface area contributed by atoms with Gasteiger partial charge in [0.25, 0.3) is 0 Å². The molecule has 0 bridgehead atoms. The second-order valence-electron chi connectivity index (χ2n) is 4.99. The van der Waals surface area contributed by atoms with Crippen LogP contribution in [-0.2, 0) is 7.05 Å². The minimum atomic E-state index is -1.02. The number of hydrogen-bond acceptors (Lipinski definition) is 4. The number of nitrogens with zero attached hydrogens (tertiary/aromatic N) is 3. The summed E-state index contributed by atoms with van der Waals surface area (Å²) < 4.78 is 1.40. The lowest BCUT2D eigenvalue weighted by Gasteiger charge is -2.26. The Morgan fingerprint density at radius 1 is 1.42 bits per heavy atom. The monoisotopic (exact) mass is 263 g/mol. The molecule has 1 aromatic rings. The molecule has 6 nitrogen and oxygen atoms in total. The van der Waals surface area contributed by atoms with Gasteiger partial charge in [0, 0.05) is 6.92 Å². The summed E-state index contributed by atoms with van der Waals surface area (Å²) in [6, 6.07) is 0. The predicted molar refractivity (Wildman–Crippen MR) is 69.5 cm³/mol. The van der Waals surface area contributed by atoms with E-state index in [-0.39, 0.29) is 11.5 Å². The van der Waals surface area contributed by atoms with Gasteiger partial charge in [0.15, 0.2) is 5.82 Å². The largest absolute Gasteiger partial charge is 0.378 e. The Labute approximate surface area is 111 Å². The number of imidazole rings is 1. The first-order chi connectivity index (χ1) is 8.93. The van der Waals surface area contributed by atoms with E-state index in [1.165, 1.54) is 4.57 Å². The maximum Gasteiger partial charge on any atom is 0.358 e. The maximum atomic E-state index is 11.0. The van der Waals surface area contributed by atoms with Gasteiger partial charge in [-0.15, -0.1) is 0 Å². The van der Waals surface area contributed by atoms with E-state index in [0.717, 1.165) is 19.3 Å². The van der Waals surface area contributed by atoms with E-state index in [1.54, 1.807) is 14.0 Å². The molecule has 1 fully saturated rings. The van der Waals surface area contributed by atoms with E-state index in [4.69, 9.17) is 0 Å². The van der Waals surface area contributed by atoms with Gasteiger partial charge in [-0.25, -0.2) is 4.57 Å². The van der Waals surface area contributed by atoms with E-state index in [0.29, 0.717) is 18.7 Å². The van der Waals surface area contributed by atoms with Crippen molar-refractivity contribution in [3.63, 3.8) is 0 Å². The second kappa shape index (κ2) is 5.02. The third-order valence-electron chi connectivity index (χ3n) is 3.56. The van der Waals surface area contributed by atoms with Crippen LogP contribution in [0, 0.1) is 28.9 Å². The summed E-state index contributed by atoms with van der Waals surface area (Å²) in [4.78, 5) is 14.6. The molecule has 19 heavy (non-hydrogen) atoms. The Bertz CT molecular complexity index is 560. The summed E-state index contributed by atoms with van der Waals surface area (Å²) in [5.41, 5.74) is -0.888. The maximum absolute atomic E-state index is 11.0. The highest BCUT2D eigenvalue weighted by atomic mass is 16.6. The second-order valence-corrected chi connectivity index (χ2v) is 4.99. The average Bonchev–Trinajstić information content (AvgIpc) is 2.64. The molecule has 0 amide bonds. The van der Waals surface area contributed by atoms with Gasteiger partial charge in [-0.3, -0.25) is 0 Å². The van der Waals surface area contributed by atoms with Crippen LogP contribution in [0.4, 0.5) is 5.82 Å². The van der Waals surface area contributed by atoms with Crippen molar-refractivity contribution in [2.24, 2.45) is 7.05 Å². The van der Waals surface area contributed by atoms with Gasteiger partial charge in [-0.1, -0.05) is 12.3 Å². The van der Waals surface area contributed by atoms with Crippen LogP contribution in [0.2, 0.25) is 0 Å². The summed E-state index contributed by atoms with van der Waals surface area (Å²) in [5, 5.41) is 21.3. The molecule has 1 aliphatic carbocycles. The Morgan fingerprint density at radius 2 is 2.05 bits per heavy atom. The van der Waals surface area contributed by atoms with Gasteiger partial charge in [-0.05, 0) is 36.5 Å². The van der Waals surface area contributed by atoms with Crippen LogP contribution in [0.15, 0.2) is 0 Å². The molecule has 0 atom stereocenters. The molecule has 6 heteroatoms. The lowest BCUT2D eigenvalue weighted by Crippen LogP contribution is -2.29. The van der Waals surface area contributed by atoms with Gasteiger partial charge in [0.1, 0.15) is 5.60 Å². The standard InChI is InChI=1S/C13H17N3O3/c1-10-14-11(12(15(10)2)16(18)19)6-9-13(17)7-4-3-5-8-13/h17H,3-5,7-8H2,1-2H3. The van der Waals surface area contributed by atoms with Gasteiger partial charge >= 0.3 is 5.82 Å². The lowest BCUT2D eigenvalue weighted by molar-refractivity contribution is -0.392. The highest BCUT2D eigenvalue weighted by Gasteiger charge is 2.27. The molecule has 1 aliphatic rings. The fourth-order valence-electron chi connectivity index (χ4n) is 2.33. The van der Waals surface area contributed by atoms with E-state index < -0.39 is 10.5 Å². The van der Waals surface area contributed by atoms with Gasteiger partial charge < -0.3 is 15.2 Å². The molecule has 1 heterocycles. The minimum absolute atomic E-state index is 0.121. The third kappa shape index (κ3) is 2.76. The number of rotatable bonds is 1. The quantitative estimate of drug-likeness (QED) is 0.475. The summed E-state index contributed by atoms with van der Waals surface area (Å²) in [6.07, 6.45) is 4.23. The highest BCUT2D eigenvalue weighted by Crippen LogP contribution is 2.27. The summed E-state index contributed by atoms with van der Waals surface area (Å²) >= 11 is 0. The summed E-state index contributed by atoms with van der Waals surface area (Å²) in [5.74, 6) is 5.88. The Kier molecular flexibility index (Phi) is 3.58. The first-order valence-electron chi connectivity index (χ1n) is 6.36. The fourth-order valence-corrected chi connectivity index (χ4v) is 2.33. The van der Waals surface area contributed by atoms with Crippen molar-refractivity contribution in [1.29, 1.82) is 0 Å². The first kappa shape index (κ1) is 13.6. The number of aliphatic hydroxyl groups is 1. The molecule has 0 saturated heterocycles. The van der Waals surface area contributed by atoms with Crippen LogP contribution in [0.3, 0.4) is 0 Å². The molecule has 0 aliphatic heterocycles. The van der Waals surface area contributed by atoms with Crippen LogP contribution in [-0.4, -0.2) is 25.2 Å². The molecule has 102 valence electrons. The van der Waals surface area contributed by atoms with Crippen molar-refractivity contribution in [3.8, 4) is 11.8 Å². The van der Waals surface area contributed by atoms with Gasteiger partial charge in [-0.2, -0.15) is 4.98 Å². The summed E-state index contributed by atoms with van der Waals surface area (Å²) in [7, 11) is 1.58.